The van der Waals surface area contributed by atoms with Crippen molar-refractivity contribution < 1.29 is 19.4 Å². The number of epoxide rings is 1. The minimum absolute atomic E-state index is 0.0358. The predicted molar refractivity (Wildman–Crippen MR) is 50.8 cm³/mol. The maximum atomic E-state index is 11.0. The van der Waals surface area contributed by atoms with Gasteiger partial charge < -0.3 is 14.6 Å². The van der Waals surface area contributed by atoms with E-state index in [9.17, 15) is 4.79 Å². The highest BCUT2D eigenvalue weighted by Gasteiger charge is 2.37. The summed E-state index contributed by atoms with van der Waals surface area (Å²) in [6, 6.07) is 0. The van der Waals surface area contributed by atoms with Crippen LogP contribution in [0.15, 0.2) is 0 Å². The van der Waals surface area contributed by atoms with E-state index in [-0.39, 0.29) is 30.7 Å². The van der Waals surface area contributed by atoms with E-state index in [0.29, 0.717) is 0 Å². The van der Waals surface area contributed by atoms with Crippen molar-refractivity contribution in [3.63, 3.8) is 0 Å². The lowest BCUT2D eigenvalue weighted by atomic mass is 10.0. The lowest BCUT2D eigenvalue weighted by molar-refractivity contribution is -0.145. The molecule has 1 aliphatic rings. The van der Waals surface area contributed by atoms with Crippen molar-refractivity contribution in [2.24, 2.45) is 5.92 Å². The zero-order valence-corrected chi connectivity index (χ0v) is 8.73. The van der Waals surface area contributed by atoms with Gasteiger partial charge >= 0.3 is 5.97 Å². The Morgan fingerprint density at radius 1 is 1.57 bits per heavy atom. The molecule has 1 saturated heterocycles. The summed E-state index contributed by atoms with van der Waals surface area (Å²) in [4.78, 5) is 11.0. The topological polar surface area (TPSA) is 59.1 Å². The molecule has 1 fully saturated rings. The number of hydrogen-bond acceptors (Lipinski definition) is 4. The molecular weight excluding hydrogens is 184 g/mol. The Labute approximate surface area is 84.2 Å². The fourth-order valence-electron chi connectivity index (χ4n) is 1.54. The van der Waals surface area contributed by atoms with Crippen LogP contribution in [0.1, 0.15) is 26.2 Å². The van der Waals surface area contributed by atoms with Gasteiger partial charge in [-0.1, -0.05) is 6.92 Å². The maximum Gasteiger partial charge on any atom is 0.308 e. The molecule has 0 aromatic rings. The first-order chi connectivity index (χ1) is 6.69. The fraction of sp³-hybridized carbons (Fsp3) is 0.900. The fourth-order valence-corrected chi connectivity index (χ4v) is 1.54. The molecule has 1 aliphatic heterocycles. The van der Waals surface area contributed by atoms with Gasteiger partial charge in [0.25, 0.3) is 0 Å². The van der Waals surface area contributed by atoms with E-state index in [1.54, 1.807) is 0 Å². The molecular formula is C10H18O4. The molecule has 0 aromatic heterocycles. The van der Waals surface area contributed by atoms with Crippen LogP contribution < -0.4 is 0 Å². The minimum atomic E-state index is -0.152. The number of rotatable bonds is 6. The second-order valence-electron chi connectivity index (χ2n) is 3.75. The molecule has 1 heterocycles. The van der Waals surface area contributed by atoms with Crippen LogP contribution in [-0.2, 0) is 14.3 Å². The molecule has 1 unspecified atom stereocenters. The van der Waals surface area contributed by atoms with Crippen molar-refractivity contribution in [2.45, 2.75) is 38.4 Å². The summed E-state index contributed by atoms with van der Waals surface area (Å²) in [5.41, 5.74) is 0. The molecule has 4 nitrogen and oxygen atoms in total. The second-order valence-corrected chi connectivity index (χ2v) is 3.75. The van der Waals surface area contributed by atoms with E-state index >= 15 is 0 Å². The van der Waals surface area contributed by atoms with Crippen molar-refractivity contribution in [3.8, 4) is 0 Å². The van der Waals surface area contributed by atoms with Gasteiger partial charge in [0.1, 0.15) is 6.10 Å². The Morgan fingerprint density at radius 3 is 2.79 bits per heavy atom. The summed E-state index contributed by atoms with van der Waals surface area (Å²) < 4.78 is 9.79. The summed E-state index contributed by atoms with van der Waals surface area (Å²) >= 11 is 0. The number of methoxy groups -OCH3 is 1. The average molecular weight is 202 g/mol. The zero-order chi connectivity index (χ0) is 10.6. The molecule has 1 N–H and O–H groups in total. The van der Waals surface area contributed by atoms with E-state index < -0.39 is 0 Å². The van der Waals surface area contributed by atoms with E-state index in [1.807, 2.05) is 6.92 Å². The van der Waals surface area contributed by atoms with E-state index in [2.05, 4.69) is 4.74 Å². The third-order valence-corrected chi connectivity index (χ3v) is 2.60. The van der Waals surface area contributed by atoms with Gasteiger partial charge in [0.05, 0.1) is 25.7 Å². The highest BCUT2D eigenvalue weighted by molar-refractivity contribution is 5.71. The molecule has 0 bridgehead atoms. The smallest absolute Gasteiger partial charge is 0.308 e. The quantitative estimate of drug-likeness (QED) is 0.509. The molecule has 0 radical (unpaired) electrons. The first kappa shape index (κ1) is 11.5. The Bertz CT molecular complexity index is 193. The number of esters is 1. The number of carbonyl (C=O) groups is 1. The summed E-state index contributed by atoms with van der Waals surface area (Å²) in [6.45, 7) is 1.97. The molecule has 82 valence electrons. The van der Waals surface area contributed by atoms with Crippen LogP contribution in [0.3, 0.4) is 0 Å². The molecule has 0 saturated carbocycles. The summed E-state index contributed by atoms with van der Waals surface area (Å²) in [7, 11) is 1.41. The number of carbonyl (C=O) groups excluding carboxylic acids is 1. The van der Waals surface area contributed by atoms with Gasteiger partial charge in [0.15, 0.2) is 0 Å². The molecule has 1 rings (SSSR count). The lowest BCUT2D eigenvalue weighted by Gasteiger charge is -2.07. The first-order valence-electron chi connectivity index (χ1n) is 5.03. The zero-order valence-electron chi connectivity index (χ0n) is 8.73. The number of aliphatic hydroxyl groups excluding tert-OH is 1. The summed E-state index contributed by atoms with van der Waals surface area (Å²) in [6.07, 6.45) is 2.95. The van der Waals surface area contributed by atoms with Crippen molar-refractivity contribution in [3.05, 3.63) is 0 Å². The van der Waals surface area contributed by atoms with E-state index in [0.717, 1.165) is 19.3 Å². The predicted octanol–water partition coefficient (Wildman–Crippen LogP) is 0.725. The van der Waals surface area contributed by atoms with Gasteiger partial charge in [-0.3, -0.25) is 4.79 Å². The van der Waals surface area contributed by atoms with Crippen LogP contribution >= 0.6 is 0 Å². The average Bonchev–Trinajstić information content (AvgIpc) is 2.95. The normalized spacial score (nSPS) is 27.1. The number of hydrogen-bond donors (Lipinski definition) is 1. The van der Waals surface area contributed by atoms with Crippen molar-refractivity contribution in [1.82, 2.24) is 0 Å². The third kappa shape index (κ3) is 3.27. The largest absolute Gasteiger partial charge is 0.469 e. The monoisotopic (exact) mass is 202 g/mol. The van der Waals surface area contributed by atoms with E-state index in [1.165, 1.54) is 7.11 Å². The van der Waals surface area contributed by atoms with Crippen molar-refractivity contribution >= 4 is 5.97 Å². The highest BCUT2D eigenvalue weighted by atomic mass is 16.6. The molecule has 3 atom stereocenters. The van der Waals surface area contributed by atoms with Crippen LogP contribution in [0.25, 0.3) is 0 Å². The van der Waals surface area contributed by atoms with Crippen LogP contribution in [0.4, 0.5) is 0 Å². The van der Waals surface area contributed by atoms with E-state index in [4.69, 9.17) is 9.84 Å². The Balaban J connectivity index is 2.01. The number of ether oxygens (including phenoxy) is 2. The van der Waals surface area contributed by atoms with Gasteiger partial charge in [0.2, 0.25) is 0 Å². The molecule has 4 heteroatoms. The Hall–Kier alpha value is -0.610. The highest BCUT2D eigenvalue weighted by Crippen LogP contribution is 2.27. The van der Waals surface area contributed by atoms with Gasteiger partial charge in [-0.15, -0.1) is 0 Å². The maximum absolute atomic E-state index is 11.0. The van der Waals surface area contributed by atoms with Crippen LogP contribution in [0.2, 0.25) is 0 Å². The molecule has 0 aromatic carbocycles. The Morgan fingerprint density at radius 2 is 2.29 bits per heavy atom. The van der Waals surface area contributed by atoms with Gasteiger partial charge in [-0.25, -0.2) is 0 Å². The van der Waals surface area contributed by atoms with Crippen LogP contribution in [0.5, 0.6) is 0 Å². The lowest BCUT2D eigenvalue weighted by Crippen LogP contribution is -2.12. The SMILES string of the molecule is COC(=O)C(C)CCC[C@@H]1O[C@H]1CO. The molecule has 0 amide bonds. The summed E-state index contributed by atoms with van der Waals surface area (Å²) in [5, 5.41) is 8.71. The minimum Gasteiger partial charge on any atom is -0.469 e. The van der Waals surface area contributed by atoms with Crippen molar-refractivity contribution in [1.29, 1.82) is 0 Å². The van der Waals surface area contributed by atoms with Crippen molar-refractivity contribution in [2.75, 3.05) is 13.7 Å². The number of aliphatic hydroxyl groups is 1. The molecule has 14 heavy (non-hydrogen) atoms. The van der Waals surface area contributed by atoms with Crippen LogP contribution in [-0.4, -0.2) is 37.0 Å². The standard InChI is InChI=1S/C10H18O4/c1-7(10(12)13-2)4-3-5-8-9(6-11)14-8/h7-9,11H,3-6H2,1-2H3/t7?,8-,9-/m0/s1. The van der Waals surface area contributed by atoms with Gasteiger partial charge in [-0.2, -0.15) is 0 Å². The molecule has 0 aliphatic carbocycles. The first-order valence-corrected chi connectivity index (χ1v) is 5.03. The second kappa shape index (κ2) is 5.32. The Kier molecular flexibility index (Phi) is 4.35. The van der Waals surface area contributed by atoms with Gasteiger partial charge in [0, 0.05) is 0 Å². The molecule has 0 spiro atoms. The third-order valence-electron chi connectivity index (χ3n) is 2.60. The van der Waals surface area contributed by atoms with Crippen LogP contribution in [0, 0.1) is 5.92 Å². The summed E-state index contributed by atoms with van der Waals surface area (Å²) in [5.74, 6) is -0.188. The van der Waals surface area contributed by atoms with Gasteiger partial charge in [-0.05, 0) is 19.3 Å².